The average Bonchev–Trinajstić information content (AvgIpc) is 2.95. The quantitative estimate of drug-likeness (QED) is 0.321. The second-order valence-electron chi connectivity index (χ2n) is 6.79. The molecular formula is C17H34O10. The zero-order valence-corrected chi connectivity index (χ0v) is 16.3. The second-order valence-corrected chi connectivity index (χ2v) is 6.79. The summed E-state index contributed by atoms with van der Waals surface area (Å²) in [7, 11) is 0. The maximum atomic E-state index is 9.25. The van der Waals surface area contributed by atoms with Crippen LogP contribution in [0.1, 0.15) is 40.5 Å². The molecule has 10 nitrogen and oxygen atoms in total. The lowest BCUT2D eigenvalue weighted by Gasteiger charge is -2.37. The molecule has 0 amide bonds. The highest BCUT2D eigenvalue weighted by molar-refractivity contribution is 4.91. The van der Waals surface area contributed by atoms with Gasteiger partial charge in [0.15, 0.2) is 12.1 Å². The molecule has 27 heavy (non-hydrogen) atoms. The Balaban J connectivity index is 0.000000248. The van der Waals surface area contributed by atoms with Crippen molar-refractivity contribution in [2.24, 2.45) is 0 Å². The maximum absolute atomic E-state index is 9.25. The summed E-state index contributed by atoms with van der Waals surface area (Å²) in [4.78, 5) is 0. The van der Waals surface area contributed by atoms with Gasteiger partial charge in [0.2, 0.25) is 5.79 Å². The summed E-state index contributed by atoms with van der Waals surface area (Å²) in [5, 5.41) is 53.9. The Bertz CT molecular complexity index is 429. The monoisotopic (exact) mass is 398 g/mol. The normalized spacial score (nSPS) is 42.9. The van der Waals surface area contributed by atoms with E-state index in [1.54, 1.807) is 0 Å². The number of hydrogen-bond donors (Lipinski definition) is 6. The van der Waals surface area contributed by atoms with Crippen molar-refractivity contribution in [3.63, 3.8) is 0 Å². The lowest BCUT2D eigenvalue weighted by molar-refractivity contribution is -0.286. The summed E-state index contributed by atoms with van der Waals surface area (Å²) in [6, 6.07) is 0. The minimum absolute atomic E-state index is 0.124. The van der Waals surface area contributed by atoms with Crippen LogP contribution in [0.5, 0.6) is 0 Å². The highest BCUT2D eigenvalue weighted by atomic mass is 16.8. The molecular weight excluding hydrogens is 364 g/mol. The standard InChI is InChI=1S/C9H16O4.C6H12O6.C2H6/c1-8(2)12-7-4-3-5-11-9(7,6-10)13-8;7-1-2-3(8)4(9)5(10)6(11)12-2;1-2/h7,10H,3-6H2,1-2H3;2-11H,1H2;1-2H3/t7?,9-;;/m0../s1. The molecule has 3 heterocycles. The van der Waals surface area contributed by atoms with E-state index in [2.05, 4.69) is 4.74 Å². The zero-order chi connectivity index (χ0) is 20.8. The third kappa shape index (κ3) is 5.80. The van der Waals surface area contributed by atoms with Crippen molar-refractivity contribution in [2.75, 3.05) is 19.8 Å². The van der Waals surface area contributed by atoms with E-state index in [-0.39, 0.29) is 12.7 Å². The first-order valence-electron chi connectivity index (χ1n) is 9.27. The van der Waals surface area contributed by atoms with Crippen molar-refractivity contribution in [3.8, 4) is 0 Å². The van der Waals surface area contributed by atoms with Gasteiger partial charge in [0.1, 0.15) is 37.1 Å². The minimum Gasteiger partial charge on any atom is -0.394 e. The van der Waals surface area contributed by atoms with E-state index in [4.69, 9.17) is 39.7 Å². The highest BCUT2D eigenvalue weighted by Crippen LogP contribution is 2.41. The van der Waals surface area contributed by atoms with Gasteiger partial charge in [-0.3, -0.25) is 0 Å². The summed E-state index contributed by atoms with van der Waals surface area (Å²) in [5.41, 5.74) is 0. The fourth-order valence-corrected chi connectivity index (χ4v) is 3.11. The van der Waals surface area contributed by atoms with E-state index < -0.39 is 48.9 Å². The molecule has 0 saturated carbocycles. The summed E-state index contributed by atoms with van der Waals surface area (Å²) in [5.74, 6) is -1.54. The second kappa shape index (κ2) is 10.4. The van der Waals surface area contributed by atoms with Gasteiger partial charge < -0.3 is 49.6 Å². The van der Waals surface area contributed by atoms with Crippen LogP contribution in [0, 0.1) is 0 Å². The van der Waals surface area contributed by atoms with Gasteiger partial charge >= 0.3 is 0 Å². The Morgan fingerprint density at radius 3 is 2.11 bits per heavy atom. The molecule has 0 radical (unpaired) electrons. The summed E-state index contributed by atoms with van der Waals surface area (Å²) in [6.45, 7) is 7.65. The third-order valence-electron chi connectivity index (χ3n) is 4.38. The van der Waals surface area contributed by atoms with Gasteiger partial charge in [0.25, 0.3) is 0 Å². The third-order valence-corrected chi connectivity index (χ3v) is 4.38. The average molecular weight is 398 g/mol. The van der Waals surface area contributed by atoms with Crippen LogP contribution in [0.15, 0.2) is 0 Å². The Labute approximate surface area is 159 Å². The van der Waals surface area contributed by atoms with Gasteiger partial charge in [-0.25, -0.2) is 0 Å². The van der Waals surface area contributed by atoms with Crippen LogP contribution in [0.3, 0.4) is 0 Å². The molecule has 0 bridgehead atoms. The number of hydrogen-bond acceptors (Lipinski definition) is 10. The Morgan fingerprint density at radius 1 is 0.963 bits per heavy atom. The molecule has 0 spiro atoms. The highest BCUT2D eigenvalue weighted by Gasteiger charge is 2.55. The molecule has 3 aliphatic heterocycles. The Morgan fingerprint density at radius 2 is 1.59 bits per heavy atom. The molecule has 3 rings (SSSR count). The van der Waals surface area contributed by atoms with Crippen molar-refractivity contribution in [2.45, 2.75) is 88.9 Å². The number of ether oxygens (including phenoxy) is 4. The molecule has 0 aromatic rings. The van der Waals surface area contributed by atoms with Crippen molar-refractivity contribution in [1.29, 1.82) is 0 Å². The molecule has 0 aliphatic carbocycles. The van der Waals surface area contributed by atoms with Crippen LogP contribution >= 0.6 is 0 Å². The lowest BCUT2D eigenvalue weighted by atomic mass is 10.00. The fraction of sp³-hybridized carbons (Fsp3) is 1.00. The predicted octanol–water partition coefficient (Wildman–Crippen LogP) is -1.56. The van der Waals surface area contributed by atoms with Crippen molar-refractivity contribution >= 4 is 0 Å². The summed E-state index contributed by atoms with van der Waals surface area (Å²) < 4.78 is 21.3. The van der Waals surface area contributed by atoms with Crippen molar-refractivity contribution < 1.29 is 49.6 Å². The first-order chi connectivity index (χ1) is 12.7. The van der Waals surface area contributed by atoms with Crippen molar-refractivity contribution in [1.82, 2.24) is 0 Å². The summed E-state index contributed by atoms with van der Waals surface area (Å²) in [6.07, 6.45) is -5.31. The van der Waals surface area contributed by atoms with Crippen molar-refractivity contribution in [3.05, 3.63) is 0 Å². The molecule has 6 N–H and O–H groups in total. The van der Waals surface area contributed by atoms with E-state index in [9.17, 15) is 5.11 Å². The SMILES string of the molecule is CC.CC1(C)OC2CCCO[C@@]2(CO)O1.OCC1OC(O)C(O)C(O)C1O. The van der Waals surface area contributed by atoms with Gasteiger partial charge in [-0.15, -0.1) is 0 Å². The van der Waals surface area contributed by atoms with E-state index in [1.807, 2.05) is 27.7 Å². The minimum atomic E-state index is -1.57. The van der Waals surface area contributed by atoms with E-state index >= 15 is 0 Å². The van der Waals surface area contributed by atoms with Crippen LogP contribution in [0.4, 0.5) is 0 Å². The van der Waals surface area contributed by atoms with Gasteiger partial charge in [-0.05, 0) is 26.7 Å². The fourth-order valence-electron chi connectivity index (χ4n) is 3.11. The van der Waals surface area contributed by atoms with Gasteiger partial charge in [0, 0.05) is 0 Å². The molecule has 0 aromatic carbocycles. The largest absolute Gasteiger partial charge is 0.394 e. The van der Waals surface area contributed by atoms with E-state index in [0.717, 1.165) is 12.8 Å². The van der Waals surface area contributed by atoms with Gasteiger partial charge in [0.05, 0.1) is 13.2 Å². The van der Waals surface area contributed by atoms with E-state index in [0.29, 0.717) is 6.61 Å². The molecule has 6 unspecified atom stereocenters. The number of aliphatic hydroxyl groups is 6. The molecule has 3 aliphatic rings. The van der Waals surface area contributed by atoms with Crippen LogP contribution < -0.4 is 0 Å². The molecule has 162 valence electrons. The lowest BCUT2D eigenvalue weighted by Crippen LogP contribution is -2.58. The first kappa shape index (κ1) is 24.6. The van der Waals surface area contributed by atoms with Gasteiger partial charge in [-0.2, -0.15) is 0 Å². The molecule has 0 aromatic heterocycles. The van der Waals surface area contributed by atoms with E-state index in [1.165, 1.54) is 0 Å². The molecule has 3 saturated heterocycles. The van der Waals surface area contributed by atoms with Crippen LogP contribution in [0.25, 0.3) is 0 Å². The maximum Gasteiger partial charge on any atom is 0.221 e. The van der Waals surface area contributed by atoms with Gasteiger partial charge in [-0.1, -0.05) is 13.8 Å². The number of rotatable bonds is 2. The topological polar surface area (TPSA) is 158 Å². The first-order valence-corrected chi connectivity index (χ1v) is 9.27. The molecule has 7 atom stereocenters. The smallest absolute Gasteiger partial charge is 0.221 e. The number of fused-ring (bicyclic) bond motifs is 1. The molecule has 3 fully saturated rings. The predicted molar refractivity (Wildman–Crippen MR) is 92.4 cm³/mol. The summed E-state index contributed by atoms with van der Waals surface area (Å²) >= 11 is 0. The van der Waals surface area contributed by atoms with Crippen LogP contribution in [-0.4, -0.2) is 98.8 Å². The molecule has 10 heteroatoms. The number of aliphatic hydroxyl groups excluding tert-OH is 6. The van der Waals surface area contributed by atoms with Crippen LogP contribution in [-0.2, 0) is 18.9 Å². The Kier molecular flexibility index (Phi) is 9.49. The van der Waals surface area contributed by atoms with Crippen LogP contribution in [0.2, 0.25) is 0 Å². The zero-order valence-electron chi connectivity index (χ0n) is 16.3. The Hall–Kier alpha value is -0.400.